The van der Waals surface area contributed by atoms with E-state index < -0.39 is 0 Å². The van der Waals surface area contributed by atoms with E-state index in [0.29, 0.717) is 24.7 Å². The summed E-state index contributed by atoms with van der Waals surface area (Å²) in [6.07, 6.45) is 9.37. The van der Waals surface area contributed by atoms with Crippen LogP contribution in [-0.4, -0.2) is 39.6 Å². The highest BCUT2D eigenvalue weighted by Gasteiger charge is 2.30. The van der Waals surface area contributed by atoms with Gasteiger partial charge >= 0.3 is 0 Å². The van der Waals surface area contributed by atoms with Gasteiger partial charge in [0.15, 0.2) is 0 Å². The van der Waals surface area contributed by atoms with Crippen molar-refractivity contribution in [3.05, 3.63) is 47.7 Å². The number of hydrogen-bond donors (Lipinski definition) is 1. The largest absolute Gasteiger partial charge is 0.338 e. The molecular weight excluding hydrogens is 364 g/mol. The van der Waals surface area contributed by atoms with Crippen LogP contribution in [0.1, 0.15) is 66.9 Å². The highest BCUT2D eigenvalue weighted by Crippen LogP contribution is 2.30. The standard InChI is InChI=1S/C23H30N4O2/c1-17-9-11-18(12-10-17)23(29)26-15-5-6-19(16-26)22(28)25-21-13-14-24-27(21)20-7-3-2-4-8-20/h9-14,19-20H,2-8,15-16H2,1H3,(H,25,28). The number of rotatable bonds is 4. The third kappa shape index (κ3) is 4.52. The van der Waals surface area contributed by atoms with Gasteiger partial charge in [-0.05, 0) is 44.7 Å². The van der Waals surface area contributed by atoms with Crippen molar-refractivity contribution in [1.29, 1.82) is 0 Å². The molecule has 6 heteroatoms. The molecule has 6 nitrogen and oxygen atoms in total. The maximum Gasteiger partial charge on any atom is 0.253 e. The van der Waals surface area contributed by atoms with Gasteiger partial charge in [-0.15, -0.1) is 0 Å². The van der Waals surface area contributed by atoms with Gasteiger partial charge in [-0.2, -0.15) is 5.10 Å². The van der Waals surface area contributed by atoms with Crippen LogP contribution in [0.15, 0.2) is 36.5 Å². The van der Waals surface area contributed by atoms with Gasteiger partial charge in [0.05, 0.1) is 18.2 Å². The molecule has 1 saturated heterocycles. The van der Waals surface area contributed by atoms with Crippen LogP contribution in [0.25, 0.3) is 0 Å². The summed E-state index contributed by atoms with van der Waals surface area (Å²) in [5, 5.41) is 7.55. The van der Waals surface area contributed by atoms with Crippen LogP contribution in [-0.2, 0) is 4.79 Å². The molecule has 1 saturated carbocycles. The third-order valence-corrected chi connectivity index (χ3v) is 6.22. The number of amides is 2. The number of nitrogens with zero attached hydrogens (tertiary/aromatic N) is 3. The Bertz CT molecular complexity index is 852. The quantitative estimate of drug-likeness (QED) is 0.846. The molecule has 29 heavy (non-hydrogen) atoms. The molecule has 2 amide bonds. The van der Waals surface area contributed by atoms with E-state index in [2.05, 4.69) is 10.4 Å². The van der Waals surface area contributed by atoms with Crippen LogP contribution < -0.4 is 5.32 Å². The SMILES string of the molecule is Cc1ccc(C(=O)N2CCCC(C(=O)Nc3ccnn3C3CCCCC3)C2)cc1. The number of hydrogen-bond acceptors (Lipinski definition) is 3. The Morgan fingerprint density at radius 3 is 2.52 bits per heavy atom. The topological polar surface area (TPSA) is 67.2 Å². The molecule has 2 aromatic rings. The smallest absolute Gasteiger partial charge is 0.253 e. The number of anilines is 1. The minimum atomic E-state index is -0.187. The average molecular weight is 395 g/mol. The molecule has 1 atom stereocenters. The summed E-state index contributed by atoms with van der Waals surface area (Å²) >= 11 is 0. The Morgan fingerprint density at radius 2 is 1.76 bits per heavy atom. The fourth-order valence-corrected chi connectivity index (χ4v) is 4.51. The van der Waals surface area contributed by atoms with Crippen molar-refractivity contribution in [3.8, 4) is 0 Å². The zero-order valence-corrected chi connectivity index (χ0v) is 17.1. The number of piperidine rings is 1. The van der Waals surface area contributed by atoms with Crippen molar-refractivity contribution in [2.24, 2.45) is 5.92 Å². The van der Waals surface area contributed by atoms with E-state index >= 15 is 0 Å². The number of aromatic nitrogens is 2. The minimum absolute atomic E-state index is 0.00903. The average Bonchev–Trinajstić information content (AvgIpc) is 3.22. The molecule has 1 aliphatic heterocycles. The van der Waals surface area contributed by atoms with E-state index in [4.69, 9.17) is 0 Å². The van der Waals surface area contributed by atoms with E-state index in [1.54, 1.807) is 6.20 Å². The molecule has 0 bridgehead atoms. The van der Waals surface area contributed by atoms with Crippen molar-refractivity contribution in [1.82, 2.24) is 14.7 Å². The predicted octanol–water partition coefficient (Wildman–Crippen LogP) is 4.19. The molecule has 1 aromatic heterocycles. The molecule has 1 aliphatic carbocycles. The summed E-state index contributed by atoms with van der Waals surface area (Å²) in [5.41, 5.74) is 1.82. The first-order valence-corrected chi connectivity index (χ1v) is 10.8. The monoisotopic (exact) mass is 394 g/mol. The lowest BCUT2D eigenvalue weighted by molar-refractivity contribution is -0.121. The van der Waals surface area contributed by atoms with Crippen molar-refractivity contribution < 1.29 is 9.59 Å². The first-order valence-electron chi connectivity index (χ1n) is 10.8. The van der Waals surface area contributed by atoms with Crippen LogP contribution in [0.4, 0.5) is 5.82 Å². The second kappa shape index (κ2) is 8.80. The molecule has 2 heterocycles. The summed E-state index contributed by atoms with van der Waals surface area (Å²) in [4.78, 5) is 27.6. The molecule has 1 N–H and O–H groups in total. The van der Waals surface area contributed by atoms with Crippen LogP contribution in [0.3, 0.4) is 0 Å². The summed E-state index contributed by atoms with van der Waals surface area (Å²) in [7, 11) is 0. The second-order valence-corrected chi connectivity index (χ2v) is 8.40. The van der Waals surface area contributed by atoms with Gasteiger partial charge in [-0.1, -0.05) is 37.0 Å². The van der Waals surface area contributed by atoms with Crippen molar-refractivity contribution in [2.75, 3.05) is 18.4 Å². The number of carbonyl (C=O) groups is 2. The van der Waals surface area contributed by atoms with Gasteiger partial charge in [-0.3, -0.25) is 9.59 Å². The minimum Gasteiger partial charge on any atom is -0.338 e. The Labute approximate surface area is 172 Å². The maximum atomic E-state index is 13.0. The van der Waals surface area contributed by atoms with Gasteiger partial charge in [0, 0.05) is 24.7 Å². The molecule has 2 fully saturated rings. The van der Waals surface area contributed by atoms with E-state index in [1.807, 2.05) is 46.8 Å². The van der Waals surface area contributed by atoms with Gasteiger partial charge < -0.3 is 10.2 Å². The molecule has 0 radical (unpaired) electrons. The van der Waals surface area contributed by atoms with Crippen molar-refractivity contribution in [2.45, 2.75) is 57.9 Å². The molecule has 154 valence electrons. The van der Waals surface area contributed by atoms with E-state index in [-0.39, 0.29) is 17.7 Å². The Morgan fingerprint density at radius 1 is 1.00 bits per heavy atom. The molecular formula is C23H30N4O2. The highest BCUT2D eigenvalue weighted by molar-refractivity contribution is 5.96. The fourth-order valence-electron chi connectivity index (χ4n) is 4.51. The summed E-state index contributed by atoms with van der Waals surface area (Å²) < 4.78 is 1.98. The number of benzene rings is 1. The third-order valence-electron chi connectivity index (χ3n) is 6.22. The van der Waals surface area contributed by atoms with Crippen LogP contribution in [0.2, 0.25) is 0 Å². The zero-order chi connectivity index (χ0) is 20.2. The first kappa shape index (κ1) is 19.7. The van der Waals surface area contributed by atoms with Crippen LogP contribution in [0, 0.1) is 12.8 Å². The number of likely N-dealkylation sites (tertiary alicyclic amines) is 1. The molecule has 2 aliphatic rings. The van der Waals surface area contributed by atoms with E-state index in [1.165, 1.54) is 19.3 Å². The highest BCUT2D eigenvalue weighted by atomic mass is 16.2. The fraction of sp³-hybridized carbons (Fsp3) is 0.522. The maximum absolute atomic E-state index is 13.0. The van der Waals surface area contributed by atoms with Gasteiger partial charge in [-0.25, -0.2) is 4.68 Å². The first-order chi connectivity index (χ1) is 14.1. The lowest BCUT2D eigenvalue weighted by Crippen LogP contribution is -2.44. The second-order valence-electron chi connectivity index (χ2n) is 8.40. The lowest BCUT2D eigenvalue weighted by Gasteiger charge is -2.32. The number of aryl methyl sites for hydroxylation is 1. The van der Waals surface area contributed by atoms with E-state index in [0.717, 1.165) is 37.1 Å². The zero-order valence-electron chi connectivity index (χ0n) is 17.1. The summed E-state index contributed by atoms with van der Waals surface area (Å²) in [5.74, 6) is 0.593. The van der Waals surface area contributed by atoms with E-state index in [9.17, 15) is 9.59 Å². The Kier molecular flexibility index (Phi) is 5.97. The molecule has 1 unspecified atom stereocenters. The summed E-state index contributed by atoms with van der Waals surface area (Å²) in [6, 6.07) is 9.89. The van der Waals surface area contributed by atoms with Gasteiger partial charge in [0.25, 0.3) is 5.91 Å². The van der Waals surface area contributed by atoms with Crippen LogP contribution in [0.5, 0.6) is 0 Å². The van der Waals surface area contributed by atoms with Crippen molar-refractivity contribution >= 4 is 17.6 Å². The molecule has 4 rings (SSSR count). The van der Waals surface area contributed by atoms with Crippen LogP contribution >= 0.6 is 0 Å². The molecule has 1 aromatic carbocycles. The Balaban J connectivity index is 1.40. The predicted molar refractivity (Wildman–Crippen MR) is 113 cm³/mol. The Hall–Kier alpha value is -2.63. The van der Waals surface area contributed by atoms with Gasteiger partial charge in [0.2, 0.25) is 5.91 Å². The summed E-state index contributed by atoms with van der Waals surface area (Å²) in [6.45, 7) is 3.18. The normalized spacial score (nSPS) is 20.4. The number of nitrogens with one attached hydrogen (secondary N) is 1. The van der Waals surface area contributed by atoms with Crippen molar-refractivity contribution in [3.63, 3.8) is 0 Å². The molecule has 0 spiro atoms. The van der Waals surface area contributed by atoms with Gasteiger partial charge in [0.1, 0.15) is 5.82 Å². The number of carbonyl (C=O) groups excluding carboxylic acids is 2. The lowest BCUT2D eigenvalue weighted by atomic mass is 9.95.